The van der Waals surface area contributed by atoms with Gasteiger partial charge in [0, 0.05) is 12.5 Å². The molecular formula is C12H11NO4. The average Bonchev–Trinajstić information content (AvgIpc) is 2.35. The zero-order chi connectivity index (χ0) is 12.3. The summed E-state index contributed by atoms with van der Waals surface area (Å²) in [6.45, 7) is 2.25. The van der Waals surface area contributed by atoms with Gasteiger partial charge in [-0.1, -0.05) is 6.07 Å². The van der Waals surface area contributed by atoms with Gasteiger partial charge in [0.15, 0.2) is 11.5 Å². The van der Waals surface area contributed by atoms with Crippen LogP contribution in [0.5, 0.6) is 11.5 Å². The Morgan fingerprint density at radius 3 is 2.76 bits per heavy atom. The summed E-state index contributed by atoms with van der Waals surface area (Å²) in [6, 6.07) is 6.97. The number of carbonyl (C=O) groups is 1. The van der Waals surface area contributed by atoms with Gasteiger partial charge >= 0.3 is 5.97 Å². The summed E-state index contributed by atoms with van der Waals surface area (Å²) >= 11 is 0. The van der Waals surface area contributed by atoms with Gasteiger partial charge in [-0.15, -0.1) is 0 Å². The molecule has 0 N–H and O–H groups in total. The van der Waals surface area contributed by atoms with Gasteiger partial charge in [-0.3, -0.25) is 4.79 Å². The lowest BCUT2D eigenvalue weighted by molar-refractivity contribution is -0.144. The number of benzene rings is 1. The number of hydrogen-bond acceptors (Lipinski definition) is 5. The Morgan fingerprint density at radius 1 is 1.41 bits per heavy atom. The van der Waals surface area contributed by atoms with Crippen LogP contribution in [0.3, 0.4) is 0 Å². The highest BCUT2D eigenvalue weighted by Crippen LogP contribution is 2.33. The second-order valence-electron chi connectivity index (χ2n) is 3.52. The molecule has 0 spiro atoms. The first-order chi connectivity index (χ1) is 8.20. The minimum atomic E-state index is -0.914. The second kappa shape index (κ2) is 4.74. The molecule has 1 aromatic carbocycles. The molecule has 2 rings (SSSR count). The Hall–Kier alpha value is -2.22. The molecule has 0 aromatic heterocycles. The fraction of sp³-hybridized carbons (Fsp3) is 0.333. The van der Waals surface area contributed by atoms with Crippen molar-refractivity contribution >= 4 is 5.97 Å². The van der Waals surface area contributed by atoms with E-state index in [0.29, 0.717) is 30.3 Å². The van der Waals surface area contributed by atoms with Crippen LogP contribution in [-0.4, -0.2) is 19.2 Å². The molecule has 88 valence electrons. The van der Waals surface area contributed by atoms with Crippen molar-refractivity contribution in [3.8, 4) is 17.6 Å². The van der Waals surface area contributed by atoms with E-state index in [0.717, 1.165) is 0 Å². The van der Waals surface area contributed by atoms with Crippen LogP contribution in [0, 0.1) is 11.3 Å². The summed E-state index contributed by atoms with van der Waals surface area (Å²) in [7, 11) is 0. The highest BCUT2D eigenvalue weighted by atomic mass is 16.6. The van der Waals surface area contributed by atoms with Crippen molar-refractivity contribution in [2.75, 3.05) is 13.2 Å². The molecule has 17 heavy (non-hydrogen) atoms. The first kappa shape index (κ1) is 11.3. The lowest BCUT2D eigenvalue weighted by Gasteiger charge is -2.19. The highest BCUT2D eigenvalue weighted by molar-refractivity contribution is 5.66. The van der Waals surface area contributed by atoms with E-state index >= 15 is 0 Å². The van der Waals surface area contributed by atoms with Gasteiger partial charge in [-0.25, -0.2) is 0 Å². The molecule has 0 fully saturated rings. The van der Waals surface area contributed by atoms with E-state index in [1.54, 1.807) is 18.2 Å². The Morgan fingerprint density at radius 2 is 2.12 bits per heavy atom. The van der Waals surface area contributed by atoms with Crippen LogP contribution in [0.4, 0.5) is 0 Å². The minimum absolute atomic E-state index is 0.473. The summed E-state index contributed by atoms with van der Waals surface area (Å²) in [6.07, 6.45) is -0.914. The molecular weight excluding hydrogens is 222 g/mol. The Balaban J connectivity index is 2.26. The van der Waals surface area contributed by atoms with Crippen LogP contribution in [0.25, 0.3) is 0 Å². The third-order valence-electron chi connectivity index (χ3n) is 2.27. The van der Waals surface area contributed by atoms with Crippen LogP contribution >= 0.6 is 0 Å². The molecule has 1 aliphatic rings. The first-order valence-electron chi connectivity index (χ1n) is 5.17. The van der Waals surface area contributed by atoms with E-state index in [-0.39, 0.29) is 0 Å². The van der Waals surface area contributed by atoms with Crippen LogP contribution < -0.4 is 9.47 Å². The predicted molar refractivity (Wildman–Crippen MR) is 57.6 cm³/mol. The van der Waals surface area contributed by atoms with E-state index in [2.05, 4.69) is 0 Å². The highest BCUT2D eigenvalue weighted by Gasteiger charge is 2.18. The van der Waals surface area contributed by atoms with E-state index in [1.165, 1.54) is 6.92 Å². The lowest BCUT2D eigenvalue weighted by Crippen LogP contribution is -2.16. The van der Waals surface area contributed by atoms with Gasteiger partial charge in [0.1, 0.15) is 19.3 Å². The van der Waals surface area contributed by atoms with Crippen LogP contribution in [0.15, 0.2) is 18.2 Å². The molecule has 0 aliphatic carbocycles. The molecule has 1 aliphatic heterocycles. The van der Waals surface area contributed by atoms with E-state index in [4.69, 9.17) is 19.5 Å². The maximum Gasteiger partial charge on any atom is 0.304 e. The molecule has 1 atom stereocenters. The van der Waals surface area contributed by atoms with Crippen molar-refractivity contribution in [3.05, 3.63) is 23.8 Å². The van der Waals surface area contributed by atoms with E-state index < -0.39 is 12.1 Å². The van der Waals surface area contributed by atoms with Gasteiger partial charge in [-0.05, 0) is 12.1 Å². The molecule has 0 radical (unpaired) electrons. The number of fused-ring (bicyclic) bond motifs is 1. The fourth-order valence-corrected chi connectivity index (χ4v) is 1.56. The van der Waals surface area contributed by atoms with Crippen molar-refractivity contribution in [1.29, 1.82) is 5.26 Å². The fourth-order valence-electron chi connectivity index (χ4n) is 1.56. The number of rotatable bonds is 2. The topological polar surface area (TPSA) is 68.6 Å². The SMILES string of the molecule is CC(=O)OC(C#N)c1ccc2c(c1)OCCO2. The first-order valence-corrected chi connectivity index (χ1v) is 5.17. The zero-order valence-corrected chi connectivity index (χ0v) is 9.30. The van der Waals surface area contributed by atoms with Gasteiger partial charge in [0.25, 0.3) is 0 Å². The van der Waals surface area contributed by atoms with E-state index in [1.807, 2.05) is 6.07 Å². The number of nitrogens with zero attached hydrogens (tertiary/aromatic N) is 1. The number of hydrogen-bond donors (Lipinski definition) is 0. The average molecular weight is 233 g/mol. The molecule has 0 amide bonds. The maximum atomic E-state index is 10.8. The number of nitriles is 1. The van der Waals surface area contributed by atoms with Crippen LogP contribution in [-0.2, 0) is 9.53 Å². The van der Waals surface area contributed by atoms with Crippen molar-refractivity contribution < 1.29 is 19.0 Å². The minimum Gasteiger partial charge on any atom is -0.486 e. The molecule has 5 nitrogen and oxygen atoms in total. The van der Waals surface area contributed by atoms with Gasteiger partial charge < -0.3 is 14.2 Å². The molecule has 0 bridgehead atoms. The largest absolute Gasteiger partial charge is 0.486 e. The second-order valence-corrected chi connectivity index (χ2v) is 3.52. The molecule has 1 unspecified atom stereocenters. The number of carbonyl (C=O) groups excluding carboxylic acids is 1. The summed E-state index contributed by atoms with van der Waals surface area (Å²) in [5.41, 5.74) is 0.576. The Kier molecular flexibility index (Phi) is 3.15. The van der Waals surface area contributed by atoms with Gasteiger partial charge in [-0.2, -0.15) is 5.26 Å². The van der Waals surface area contributed by atoms with Gasteiger partial charge in [0.2, 0.25) is 6.10 Å². The summed E-state index contributed by atoms with van der Waals surface area (Å²) in [5.74, 6) is 0.715. The van der Waals surface area contributed by atoms with Crippen LogP contribution in [0.1, 0.15) is 18.6 Å². The smallest absolute Gasteiger partial charge is 0.304 e. The van der Waals surface area contributed by atoms with Crippen molar-refractivity contribution in [2.24, 2.45) is 0 Å². The van der Waals surface area contributed by atoms with Crippen LogP contribution in [0.2, 0.25) is 0 Å². The molecule has 1 heterocycles. The maximum absolute atomic E-state index is 10.8. The molecule has 5 heteroatoms. The summed E-state index contributed by atoms with van der Waals surface area (Å²) < 4.78 is 15.6. The summed E-state index contributed by atoms with van der Waals surface area (Å²) in [5, 5.41) is 8.93. The number of esters is 1. The number of ether oxygens (including phenoxy) is 3. The molecule has 0 saturated heterocycles. The standard InChI is InChI=1S/C12H11NO4/c1-8(14)17-12(7-13)9-2-3-10-11(6-9)16-5-4-15-10/h2-3,6,12H,4-5H2,1H3. The monoisotopic (exact) mass is 233 g/mol. The quantitative estimate of drug-likeness (QED) is 0.725. The van der Waals surface area contributed by atoms with Crippen molar-refractivity contribution in [3.63, 3.8) is 0 Å². The molecule has 1 aromatic rings. The van der Waals surface area contributed by atoms with Crippen molar-refractivity contribution in [1.82, 2.24) is 0 Å². The Labute approximate surface area is 98.5 Å². The summed E-state index contributed by atoms with van der Waals surface area (Å²) in [4.78, 5) is 10.8. The van der Waals surface area contributed by atoms with Crippen molar-refractivity contribution in [2.45, 2.75) is 13.0 Å². The predicted octanol–water partition coefficient (Wildman–Crippen LogP) is 1.59. The third kappa shape index (κ3) is 2.48. The Bertz CT molecular complexity index is 478. The van der Waals surface area contributed by atoms with Gasteiger partial charge in [0.05, 0.1) is 0 Å². The third-order valence-corrected chi connectivity index (χ3v) is 2.27. The van der Waals surface area contributed by atoms with E-state index in [9.17, 15) is 4.79 Å². The molecule has 0 saturated carbocycles. The normalized spacial score (nSPS) is 14.6. The lowest BCUT2D eigenvalue weighted by atomic mass is 10.1. The zero-order valence-electron chi connectivity index (χ0n) is 9.30.